The lowest BCUT2D eigenvalue weighted by molar-refractivity contribution is -0.114. The molecule has 0 bridgehead atoms. The Labute approximate surface area is 182 Å². The number of aryl methyl sites for hydroxylation is 3. The van der Waals surface area contributed by atoms with Crippen molar-refractivity contribution in [1.82, 2.24) is 0 Å². The first kappa shape index (κ1) is 21.9. The number of carbonyl (C=O) groups excluding carboxylic acids is 1. The van der Waals surface area contributed by atoms with Crippen LogP contribution in [-0.4, -0.2) is 20.9 Å². The highest BCUT2D eigenvalue weighted by atomic mass is 35.5. The molecule has 30 heavy (non-hydrogen) atoms. The third-order valence-electron chi connectivity index (χ3n) is 4.78. The first-order valence-corrected chi connectivity index (χ1v) is 11.2. The number of sulfonamides is 1. The summed E-state index contributed by atoms with van der Waals surface area (Å²) in [5.74, 6) is -0.450. The molecule has 1 N–H and O–H groups in total. The van der Waals surface area contributed by atoms with Gasteiger partial charge in [-0.15, -0.1) is 0 Å². The highest BCUT2D eigenvalue weighted by Gasteiger charge is 2.27. The molecule has 0 heterocycles. The molecule has 0 aromatic heterocycles. The van der Waals surface area contributed by atoms with Crippen molar-refractivity contribution >= 4 is 38.9 Å². The van der Waals surface area contributed by atoms with Gasteiger partial charge < -0.3 is 5.32 Å². The predicted octanol–water partition coefficient (Wildman–Crippen LogP) is 5.10. The van der Waals surface area contributed by atoms with Gasteiger partial charge in [0.2, 0.25) is 5.91 Å². The minimum atomic E-state index is -3.98. The van der Waals surface area contributed by atoms with Crippen LogP contribution in [-0.2, 0) is 14.8 Å². The van der Waals surface area contributed by atoms with Crippen LogP contribution in [0.25, 0.3) is 0 Å². The van der Waals surface area contributed by atoms with Gasteiger partial charge >= 0.3 is 0 Å². The molecule has 0 fully saturated rings. The van der Waals surface area contributed by atoms with E-state index in [0.717, 1.165) is 21.0 Å². The summed E-state index contributed by atoms with van der Waals surface area (Å²) in [5.41, 5.74) is 4.01. The number of hydrogen-bond donors (Lipinski definition) is 1. The van der Waals surface area contributed by atoms with Gasteiger partial charge in [-0.2, -0.15) is 0 Å². The fourth-order valence-corrected chi connectivity index (χ4v) is 4.53. The topological polar surface area (TPSA) is 66.5 Å². The summed E-state index contributed by atoms with van der Waals surface area (Å²) in [6.45, 7) is 5.42. The van der Waals surface area contributed by atoms with Gasteiger partial charge in [-0.1, -0.05) is 41.4 Å². The molecule has 0 aliphatic heterocycles. The second kappa shape index (κ2) is 8.90. The van der Waals surface area contributed by atoms with Gasteiger partial charge in [-0.3, -0.25) is 9.10 Å². The third-order valence-corrected chi connectivity index (χ3v) is 6.81. The van der Waals surface area contributed by atoms with Crippen LogP contribution in [0.2, 0.25) is 5.02 Å². The average Bonchev–Trinajstić information content (AvgIpc) is 2.69. The Kier molecular flexibility index (Phi) is 6.48. The number of halogens is 1. The summed E-state index contributed by atoms with van der Waals surface area (Å²) in [5, 5.41) is 3.16. The third kappa shape index (κ3) is 5.01. The van der Waals surface area contributed by atoms with Gasteiger partial charge in [0.15, 0.2) is 0 Å². The second-order valence-electron chi connectivity index (χ2n) is 7.15. The summed E-state index contributed by atoms with van der Waals surface area (Å²) >= 11 is 6.08. The molecule has 0 aliphatic rings. The SMILES string of the molecule is Cc1ccc(S(=O)(=O)N(CC(=O)Nc2ccc(C)c(C)c2)c2cccc(Cl)c2)cc1. The Bertz CT molecular complexity index is 1180. The highest BCUT2D eigenvalue weighted by Crippen LogP contribution is 2.26. The molecular weight excluding hydrogens is 420 g/mol. The Balaban J connectivity index is 1.94. The van der Waals surface area contributed by atoms with Gasteiger partial charge in [-0.25, -0.2) is 8.42 Å². The lowest BCUT2D eigenvalue weighted by atomic mass is 10.1. The van der Waals surface area contributed by atoms with Gasteiger partial charge in [-0.05, 0) is 74.4 Å². The molecule has 156 valence electrons. The average molecular weight is 443 g/mol. The number of anilines is 2. The largest absolute Gasteiger partial charge is 0.325 e. The molecule has 0 radical (unpaired) electrons. The number of benzene rings is 3. The predicted molar refractivity (Wildman–Crippen MR) is 122 cm³/mol. The van der Waals surface area contributed by atoms with E-state index in [-0.39, 0.29) is 11.4 Å². The molecule has 0 unspecified atom stereocenters. The molecule has 0 spiro atoms. The summed E-state index contributed by atoms with van der Waals surface area (Å²) in [6, 6.07) is 18.5. The summed E-state index contributed by atoms with van der Waals surface area (Å²) in [6.07, 6.45) is 0. The maximum atomic E-state index is 13.3. The number of amides is 1. The molecule has 0 saturated heterocycles. The van der Waals surface area contributed by atoms with E-state index < -0.39 is 15.9 Å². The molecule has 3 aromatic carbocycles. The standard InChI is InChI=1S/C23H23ClN2O3S/c1-16-7-11-22(12-8-16)30(28,29)26(21-6-4-5-19(24)14-21)15-23(27)25-20-10-9-17(2)18(3)13-20/h4-14H,15H2,1-3H3,(H,25,27). The molecule has 3 rings (SSSR count). The van der Waals surface area contributed by atoms with Gasteiger partial charge in [0.25, 0.3) is 10.0 Å². The van der Waals surface area contributed by atoms with Crippen molar-refractivity contribution in [1.29, 1.82) is 0 Å². The minimum absolute atomic E-state index is 0.104. The number of nitrogens with zero attached hydrogens (tertiary/aromatic N) is 1. The van der Waals surface area contributed by atoms with Crippen LogP contribution in [0.3, 0.4) is 0 Å². The molecule has 1 amide bonds. The van der Waals surface area contributed by atoms with E-state index in [2.05, 4.69) is 5.32 Å². The fourth-order valence-electron chi connectivity index (χ4n) is 2.93. The molecule has 7 heteroatoms. The highest BCUT2D eigenvalue weighted by molar-refractivity contribution is 7.92. The maximum absolute atomic E-state index is 13.3. The first-order chi connectivity index (χ1) is 14.2. The van der Waals surface area contributed by atoms with Gasteiger partial charge in [0, 0.05) is 10.7 Å². The van der Waals surface area contributed by atoms with Crippen LogP contribution in [0.5, 0.6) is 0 Å². The number of hydrogen-bond acceptors (Lipinski definition) is 3. The van der Waals surface area contributed by atoms with Crippen molar-refractivity contribution in [2.24, 2.45) is 0 Å². The van der Waals surface area contributed by atoms with E-state index in [1.54, 1.807) is 36.4 Å². The van der Waals surface area contributed by atoms with Crippen LogP contribution in [0.15, 0.2) is 71.6 Å². The van der Waals surface area contributed by atoms with Crippen molar-refractivity contribution in [3.63, 3.8) is 0 Å². The Morgan fingerprint density at radius 3 is 2.27 bits per heavy atom. The molecule has 0 atom stereocenters. The Hall–Kier alpha value is -2.83. The van der Waals surface area contributed by atoms with Crippen molar-refractivity contribution in [2.75, 3.05) is 16.2 Å². The lowest BCUT2D eigenvalue weighted by Crippen LogP contribution is -2.38. The smallest absolute Gasteiger partial charge is 0.264 e. The zero-order valence-electron chi connectivity index (χ0n) is 17.0. The Morgan fingerprint density at radius 1 is 0.933 bits per heavy atom. The number of rotatable bonds is 6. The molecular formula is C23H23ClN2O3S. The summed E-state index contributed by atoms with van der Waals surface area (Å²) in [7, 11) is -3.98. The molecule has 3 aromatic rings. The normalized spacial score (nSPS) is 11.2. The van der Waals surface area contributed by atoms with E-state index in [1.807, 2.05) is 32.9 Å². The maximum Gasteiger partial charge on any atom is 0.264 e. The fraction of sp³-hybridized carbons (Fsp3) is 0.174. The van der Waals surface area contributed by atoms with Gasteiger partial charge in [0.1, 0.15) is 6.54 Å². The monoisotopic (exact) mass is 442 g/mol. The number of carbonyl (C=O) groups is 1. The van der Waals surface area contributed by atoms with E-state index in [0.29, 0.717) is 16.4 Å². The Morgan fingerprint density at radius 2 is 1.63 bits per heavy atom. The van der Waals surface area contributed by atoms with E-state index in [4.69, 9.17) is 11.6 Å². The van der Waals surface area contributed by atoms with Gasteiger partial charge in [0.05, 0.1) is 10.6 Å². The summed E-state index contributed by atoms with van der Waals surface area (Å²) in [4.78, 5) is 12.9. The molecule has 5 nitrogen and oxygen atoms in total. The van der Waals surface area contributed by atoms with E-state index >= 15 is 0 Å². The van der Waals surface area contributed by atoms with Crippen molar-refractivity contribution < 1.29 is 13.2 Å². The van der Waals surface area contributed by atoms with Crippen LogP contribution in [0.4, 0.5) is 11.4 Å². The molecule has 0 saturated carbocycles. The zero-order chi connectivity index (χ0) is 21.9. The summed E-state index contributed by atoms with van der Waals surface area (Å²) < 4.78 is 27.8. The second-order valence-corrected chi connectivity index (χ2v) is 9.45. The van der Waals surface area contributed by atoms with Crippen molar-refractivity contribution in [3.05, 3.63) is 88.4 Å². The van der Waals surface area contributed by atoms with Crippen LogP contribution < -0.4 is 9.62 Å². The van der Waals surface area contributed by atoms with Crippen molar-refractivity contribution in [2.45, 2.75) is 25.7 Å². The van der Waals surface area contributed by atoms with E-state index in [1.165, 1.54) is 18.2 Å². The van der Waals surface area contributed by atoms with Crippen molar-refractivity contribution in [3.8, 4) is 0 Å². The zero-order valence-corrected chi connectivity index (χ0v) is 18.6. The van der Waals surface area contributed by atoms with Crippen LogP contribution in [0.1, 0.15) is 16.7 Å². The first-order valence-electron chi connectivity index (χ1n) is 9.39. The number of nitrogens with one attached hydrogen (secondary N) is 1. The molecule has 0 aliphatic carbocycles. The lowest BCUT2D eigenvalue weighted by Gasteiger charge is -2.24. The quantitative estimate of drug-likeness (QED) is 0.577. The van der Waals surface area contributed by atoms with Crippen LogP contribution >= 0.6 is 11.6 Å². The van der Waals surface area contributed by atoms with Crippen LogP contribution in [0, 0.1) is 20.8 Å². The minimum Gasteiger partial charge on any atom is -0.325 e. The van der Waals surface area contributed by atoms with E-state index in [9.17, 15) is 13.2 Å².